The number of alkyl halides is 6. The summed E-state index contributed by atoms with van der Waals surface area (Å²) in [6.45, 7) is 1.85. The number of aliphatic carboxylic acids is 2. The molecule has 0 radical (unpaired) electrons. The van der Waals surface area contributed by atoms with E-state index in [1.807, 2.05) is 36.8 Å². The molecule has 2 aromatic rings. The Morgan fingerprint density at radius 1 is 1.08 bits per heavy atom. The van der Waals surface area contributed by atoms with Gasteiger partial charge in [-0.05, 0) is 12.1 Å². The first-order valence-corrected chi connectivity index (χ1v) is 11.7. The van der Waals surface area contributed by atoms with Crippen LogP contribution >= 0.6 is 11.8 Å². The molecule has 0 amide bonds. The number of thioether (sulfide) groups is 1. The van der Waals surface area contributed by atoms with Gasteiger partial charge in [0.1, 0.15) is 24.1 Å². The average Bonchev–Trinajstić information content (AvgIpc) is 3.23. The lowest BCUT2D eigenvalue weighted by Crippen LogP contribution is -2.59. The van der Waals surface area contributed by atoms with Crippen molar-refractivity contribution in [3.63, 3.8) is 0 Å². The van der Waals surface area contributed by atoms with Crippen molar-refractivity contribution in [1.29, 1.82) is 0 Å². The average molecular weight is 589 g/mol. The number of anilines is 2. The van der Waals surface area contributed by atoms with Crippen LogP contribution in [0.3, 0.4) is 0 Å². The molecule has 1 atom stereocenters. The number of aromatic nitrogens is 3. The largest absolute Gasteiger partial charge is 0.490 e. The standard InChI is InChI=1S/C17H20FN5OS.2C2HF3O2/c1-22(2)14-6-15(21-11-20-14)23-9-17(10-23)7-12(8-25-17)24-16-13(18)4-3-5-19-16;2*3-2(4,5)1(6)7/h3-6,11-12H,7-10H2,1-2H3;2*(H,6,7). The van der Waals surface area contributed by atoms with Crippen molar-refractivity contribution >= 4 is 35.3 Å². The number of pyridine rings is 1. The summed E-state index contributed by atoms with van der Waals surface area (Å²) in [5.41, 5.74) is 0. The van der Waals surface area contributed by atoms with Gasteiger partial charge >= 0.3 is 24.3 Å². The zero-order valence-corrected chi connectivity index (χ0v) is 21.0. The molecule has 0 aromatic carbocycles. The lowest BCUT2D eigenvalue weighted by molar-refractivity contribution is -0.193. The van der Waals surface area contributed by atoms with Crippen LogP contribution in [-0.2, 0) is 9.59 Å². The molecule has 18 heteroatoms. The predicted molar refractivity (Wildman–Crippen MR) is 124 cm³/mol. The number of hydrogen-bond acceptors (Lipinski definition) is 9. The van der Waals surface area contributed by atoms with Crippen LogP contribution in [-0.4, -0.2) is 93.2 Å². The summed E-state index contributed by atoms with van der Waals surface area (Å²) < 4.78 is 83.1. The second kappa shape index (κ2) is 12.5. The van der Waals surface area contributed by atoms with Gasteiger partial charge < -0.3 is 24.7 Å². The molecule has 2 aromatic heterocycles. The minimum absolute atomic E-state index is 0.000662. The van der Waals surface area contributed by atoms with E-state index in [4.69, 9.17) is 24.5 Å². The number of ether oxygens (including phenoxy) is 1. The van der Waals surface area contributed by atoms with Crippen LogP contribution in [0.2, 0.25) is 0 Å². The van der Waals surface area contributed by atoms with Crippen LogP contribution in [0, 0.1) is 5.82 Å². The molecule has 4 rings (SSSR count). The summed E-state index contributed by atoms with van der Waals surface area (Å²) >= 11 is 1.90. The number of halogens is 7. The van der Waals surface area contributed by atoms with Crippen LogP contribution in [0.4, 0.5) is 42.4 Å². The van der Waals surface area contributed by atoms with E-state index in [2.05, 4.69) is 19.9 Å². The Hall–Kier alpha value is -3.57. The highest BCUT2D eigenvalue weighted by molar-refractivity contribution is 8.01. The Kier molecular flexibility index (Phi) is 10.2. The summed E-state index contributed by atoms with van der Waals surface area (Å²) in [4.78, 5) is 34.6. The second-order valence-corrected chi connectivity index (χ2v) is 9.81. The Morgan fingerprint density at radius 3 is 2.13 bits per heavy atom. The molecule has 2 N–H and O–H groups in total. The van der Waals surface area contributed by atoms with E-state index in [9.17, 15) is 30.7 Å². The summed E-state index contributed by atoms with van der Waals surface area (Å²) in [5.74, 6) is -3.10. The van der Waals surface area contributed by atoms with E-state index >= 15 is 0 Å². The van der Waals surface area contributed by atoms with Crippen LogP contribution in [0.1, 0.15) is 6.42 Å². The van der Waals surface area contributed by atoms with Crippen molar-refractivity contribution < 1.29 is 55.3 Å². The van der Waals surface area contributed by atoms with Crippen LogP contribution in [0.25, 0.3) is 0 Å². The summed E-state index contributed by atoms with van der Waals surface area (Å²) in [6, 6.07) is 4.95. The van der Waals surface area contributed by atoms with E-state index in [1.165, 1.54) is 6.07 Å². The van der Waals surface area contributed by atoms with Crippen molar-refractivity contribution in [2.24, 2.45) is 0 Å². The molecule has 1 spiro atoms. The molecule has 0 saturated carbocycles. The van der Waals surface area contributed by atoms with Gasteiger partial charge in [-0.1, -0.05) is 0 Å². The summed E-state index contributed by atoms with van der Waals surface area (Å²) in [5, 5.41) is 14.2. The fourth-order valence-electron chi connectivity index (χ4n) is 3.28. The number of carbonyl (C=O) groups is 2. The third-order valence-corrected chi connectivity index (χ3v) is 6.62. The molecule has 39 heavy (non-hydrogen) atoms. The van der Waals surface area contributed by atoms with Gasteiger partial charge in [-0.2, -0.15) is 26.3 Å². The third-order valence-electron chi connectivity index (χ3n) is 5.04. The lowest BCUT2D eigenvalue weighted by Gasteiger charge is -2.48. The highest BCUT2D eigenvalue weighted by atomic mass is 32.2. The number of hydrogen-bond donors (Lipinski definition) is 2. The van der Waals surface area contributed by atoms with Gasteiger partial charge in [0.25, 0.3) is 5.88 Å². The highest BCUT2D eigenvalue weighted by Gasteiger charge is 2.50. The zero-order chi connectivity index (χ0) is 29.6. The lowest BCUT2D eigenvalue weighted by atomic mass is 9.93. The SMILES string of the molecule is CN(C)c1cc(N2CC3(CC(Oc4ncccc4F)CS3)C2)ncn1.O=C(O)C(F)(F)F.O=C(O)C(F)(F)F. The summed E-state index contributed by atoms with van der Waals surface area (Å²) in [6.07, 6.45) is -6.11. The minimum atomic E-state index is -5.08. The normalized spacial score (nSPS) is 17.7. The molecule has 2 aliphatic heterocycles. The molecule has 2 fully saturated rings. The fraction of sp³-hybridized carbons (Fsp3) is 0.476. The maximum atomic E-state index is 13.7. The molecule has 216 valence electrons. The van der Waals surface area contributed by atoms with E-state index in [0.717, 1.165) is 36.9 Å². The van der Waals surface area contributed by atoms with E-state index in [-0.39, 0.29) is 16.7 Å². The van der Waals surface area contributed by atoms with Crippen LogP contribution < -0.4 is 14.5 Å². The Morgan fingerprint density at radius 2 is 1.64 bits per heavy atom. The Labute approximate surface area is 220 Å². The maximum absolute atomic E-state index is 13.7. The molecule has 4 heterocycles. The van der Waals surface area contributed by atoms with Crippen LogP contribution in [0.15, 0.2) is 30.7 Å². The van der Waals surface area contributed by atoms with Gasteiger partial charge in [0.05, 0.1) is 4.75 Å². The van der Waals surface area contributed by atoms with Gasteiger partial charge in [0, 0.05) is 51.6 Å². The van der Waals surface area contributed by atoms with Crippen LogP contribution in [0.5, 0.6) is 5.88 Å². The predicted octanol–water partition coefficient (Wildman–Crippen LogP) is 3.49. The smallest absolute Gasteiger partial charge is 0.475 e. The molecule has 1 unspecified atom stereocenters. The molecule has 0 bridgehead atoms. The maximum Gasteiger partial charge on any atom is 0.490 e. The molecular weight excluding hydrogens is 567 g/mol. The van der Waals surface area contributed by atoms with Gasteiger partial charge in [-0.25, -0.2) is 28.9 Å². The topological polar surface area (TPSA) is 129 Å². The molecule has 0 aliphatic carbocycles. The highest BCUT2D eigenvalue weighted by Crippen LogP contribution is 2.47. The Balaban J connectivity index is 0.000000317. The van der Waals surface area contributed by atoms with Crippen molar-refractivity contribution in [1.82, 2.24) is 15.0 Å². The minimum Gasteiger partial charge on any atom is -0.475 e. The number of carboxylic acids is 2. The van der Waals surface area contributed by atoms with E-state index in [1.54, 1.807) is 18.6 Å². The number of rotatable bonds is 4. The monoisotopic (exact) mass is 589 g/mol. The van der Waals surface area contributed by atoms with Gasteiger partial charge in [0.2, 0.25) is 0 Å². The Bertz CT molecular complexity index is 1120. The van der Waals surface area contributed by atoms with Crippen molar-refractivity contribution in [2.45, 2.75) is 29.6 Å². The quantitative estimate of drug-likeness (QED) is 0.509. The first-order valence-electron chi connectivity index (χ1n) is 10.7. The number of nitrogens with zero attached hydrogens (tertiary/aromatic N) is 5. The molecular formula is C21H22F7N5O5S. The second-order valence-electron chi connectivity index (χ2n) is 8.32. The summed E-state index contributed by atoms with van der Waals surface area (Å²) in [7, 11) is 3.93. The number of carboxylic acid groups (broad SMARTS) is 2. The first kappa shape index (κ1) is 31.6. The van der Waals surface area contributed by atoms with Gasteiger partial charge in [-0.3, -0.25) is 0 Å². The van der Waals surface area contributed by atoms with Gasteiger partial charge in [-0.15, -0.1) is 11.8 Å². The molecule has 2 aliphatic rings. The first-order chi connectivity index (χ1) is 17.9. The van der Waals surface area contributed by atoms with Crippen molar-refractivity contribution in [3.8, 4) is 5.88 Å². The zero-order valence-electron chi connectivity index (χ0n) is 20.2. The molecule has 10 nitrogen and oxygen atoms in total. The van der Waals surface area contributed by atoms with E-state index < -0.39 is 30.1 Å². The van der Waals surface area contributed by atoms with Gasteiger partial charge in [0.15, 0.2) is 5.82 Å². The van der Waals surface area contributed by atoms with Crippen molar-refractivity contribution in [3.05, 3.63) is 36.5 Å². The molecule has 2 saturated heterocycles. The third kappa shape index (κ3) is 9.29. The van der Waals surface area contributed by atoms with E-state index in [0.29, 0.717) is 0 Å². The van der Waals surface area contributed by atoms with Crippen molar-refractivity contribution in [2.75, 3.05) is 42.7 Å². The fourth-order valence-corrected chi connectivity index (χ4v) is 4.80.